The van der Waals surface area contributed by atoms with E-state index in [0.717, 1.165) is 42.8 Å². The van der Waals surface area contributed by atoms with Gasteiger partial charge in [-0.2, -0.15) is 4.98 Å². The number of anilines is 1. The highest BCUT2D eigenvalue weighted by Crippen LogP contribution is 2.29. The number of aromatic nitrogens is 2. The molecule has 0 spiro atoms. The molecule has 1 fully saturated rings. The lowest BCUT2D eigenvalue weighted by atomic mass is 9.97. The summed E-state index contributed by atoms with van der Waals surface area (Å²) < 4.78 is 10.7. The Kier molecular flexibility index (Phi) is 6.53. The predicted octanol–water partition coefficient (Wildman–Crippen LogP) is 4.53. The summed E-state index contributed by atoms with van der Waals surface area (Å²) in [6, 6.07) is 13.1. The minimum absolute atomic E-state index is 0.0609. The summed E-state index contributed by atoms with van der Waals surface area (Å²) in [4.78, 5) is 19.2. The van der Waals surface area contributed by atoms with Gasteiger partial charge in [-0.1, -0.05) is 28.9 Å². The number of nitrogens with zero attached hydrogens (tertiary/aromatic N) is 3. The molecule has 0 atom stereocenters. The van der Waals surface area contributed by atoms with Crippen LogP contribution in [0.4, 0.5) is 5.69 Å². The Labute approximate surface area is 186 Å². The number of hydrogen-bond acceptors (Lipinski definition) is 6. The Morgan fingerprint density at radius 2 is 1.97 bits per heavy atom. The molecule has 1 aliphatic heterocycles. The summed E-state index contributed by atoms with van der Waals surface area (Å²) in [7, 11) is 1.63. The van der Waals surface area contributed by atoms with Crippen molar-refractivity contribution < 1.29 is 14.1 Å². The second kappa shape index (κ2) is 9.49. The average Bonchev–Trinajstić information content (AvgIpc) is 3.27. The number of nitrogens with one attached hydrogen (secondary N) is 1. The van der Waals surface area contributed by atoms with Crippen LogP contribution in [-0.4, -0.2) is 47.7 Å². The van der Waals surface area contributed by atoms with E-state index in [2.05, 4.69) is 20.4 Å². The average molecular weight is 441 g/mol. The van der Waals surface area contributed by atoms with E-state index in [4.69, 9.17) is 20.9 Å². The van der Waals surface area contributed by atoms with E-state index in [9.17, 15) is 4.79 Å². The third-order valence-corrected chi connectivity index (χ3v) is 5.90. The van der Waals surface area contributed by atoms with Crippen LogP contribution < -0.4 is 10.1 Å². The standard InChI is InChI=1S/C23H25ClN4O3/c1-15-4-3-5-19(24)21(15)25-20(29)14-28-12-10-17(11-13-28)23-26-22(27-31-23)16-6-8-18(30-2)9-7-16/h3-9,17H,10-14H2,1-2H3,(H,25,29). The quantitative estimate of drug-likeness (QED) is 0.606. The van der Waals surface area contributed by atoms with Gasteiger partial charge in [-0.25, -0.2) is 0 Å². The minimum atomic E-state index is -0.0609. The van der Waals surface area contributed by atoms with E-state index in [-0.39, 0.29) is 11.8 Å². The van der Waals surface area contributed by atoms with Gasteiger partial charge in [-0.15, -0.1) is 0 Å². The number of carbonyl (C=O) groups is 1. The number of para-hydroxylation sites is 1. The fourth-order valence-corrected chi connectivity index (χ4v) is 4.04. The van der Waals surface area contributed by atoms with Gasteiger partial charge in [0.15, 0.2) is 0 Å². The Morgan fingerprint density at radius 3 is 2.65 bits per heavy atom. The number of aryl methyl sites for hydroxylation is 1. The van der Waals surface area contributed by atoms with E-state index in [1.807, 2.05) is 43.3 Å². The Morgan fingerprint density at radius 1 is 1.23 bits per heavy atom. The maximum absolute atomic E-state index is 12.5. The van der Waals surface area contributed by atoms with E-state index >= 15 is 0 Å². The Balaban J connectivity index is 1.30. The number of benzene rings is 2. The molecule has 0 unspecified atom stereocenters. The summed E-state index contributed by atoms with van der Waals surface area (Å²) in [6.07, 6.45) is 1.73. The molecule has 0 bridgehead atoms. The molecule has 31 heavy (non-hydrogen) atoms. The Bertz CT molecular complexity index is 1020. The highest BCUT2D eigenvalue weighted by molar-refractivity contribution is 6.33. The van der Waals surface area contributed by atoms with Crippen molar-refractivity contribution in [3.63, 3.8) is 0 Å². The molecular formula is C23H25ClN4O3. The largest absolute Gasteiger partial charge is 0.497 e. The molecule has 3 aromatic rings. The van der Waals surface area contributed by atoms with E-state index in [1.165, 1.54) is 0 Å². The van der Waals surface area contributed by atoms with Crippen molar-refractivity contribution in [1.29, 1.82) is 0 Å². The summed E-state index contributed by atoms with van der Waals surface area (Å²) >= 11 is 6.21. The van der Waals surface area contributed by atoms with Crippen molar-refractivity contribution in [1.82, 2.24) is 15.0 Å². The topological polar surface area (TPSA) is 80.5 Å². The number of carbonyl (C=O) groups excluding carboxylic acids is 1. The zero-order valence-corrected chi connectivity index (χ0v) is 18.4. The predicted molar refractivity (Wildman–Crippen MR) is 120 cm³/mol. The highest BCUT2D eigenvalue weighted by atomic mass is 35.5. The number of likely N-dealkylation sites (tertiary alicyclic amines) is 1. The smallest absolute Gasteiger partial charge is 0.238 e. The monoisotopic (exact) mass is 440 g/mol. The normalized spacial score (nSPS) is 15.1. The van der Waals surface area contributed by atoms with Gasteiger partial charge in [0.1, 0.15) is 5.75 Å². The zero-order chi connectivity index (χ0) is 21.8. The fourth-order valence-electron chi connectivity index (χ4n) is 3.77. The zero-order valence-electron chi connectivity index (χ0n) is 17.6. The van der Waals surface area contributed by atoms with Crippen LogP contribution in [0.2, 0.25) is 5.02 Å². The van der Waals surface area contributed by atoms with E-state index in [1.54, 1.807) is 13.2 Å². The van der Waals surface area contributed by atoms with Crippen LogP contribution in [0.15, 0.2) is 47.0 Å². The molecule has 1 amide bonds. The van der Waals surface area contributed by atoms with E-state index < -0.39 is 0 Å². The summed E-state index contributed by atoms with van der Waals surface area (Å²) in [5.41, 5.74) is 2.52. The molecule has 2 heterocycles. The van der Waals surface area contributed by atoms with Crippen LogP contribution in [0.3, 0.4) is 0 Å². The van der Waals surface area contributed by atoms with Crippen LogP contribution in [0.5, 0.6) is 5.75 Å². The van der Waals surface area contributed by atoms with Gasteiger partial charge in [0.2, 0.25) is 17.6 Å². The summed E-state index contributed by atoms with van der Waals surface area (Å²) in [5.74, 6) is 2.16. The van der Waals surface area contributed by atoms with Crippen molar-refractivity contribution in [3.8, 4) is 17.1 Å². The van der Waals surface area contributed by atoms with Gasteiger partial charge in [-0.3, -0.25) is 9.69 Å². The number of piperidine rings is 1. The lowest BCUT2D eigenvalue weighted by molar-refractivity contribution is -0.117. The number of ether oxygens (including phenoxy) is 1. The molecule has 162 valence electrons. The van der Waals surface area contributed by atoms with Gasteiger partial charge >= 0.3 is 0 Å². The molecule has 1 saturated heterocycles. The number of methoxy groups -OCH3 is 1. The molecule has 1 aromatic heterocycles. The van der Waals surface area contributed by atoms with Crippen LogP contribution in [-0.2, 0) is 4.79 Å². The second-order valence-electron chi connectivity index (χ2n) is 7.72. The molecule has 7 nitrogen and oxygen atoms in total. The molecule has 8 heteroatoms. The number of rotatable bonds is 6. The molecule has 0 saturated carbocycles. The van der Waals surface area contributed by atoms with Crippen molar-refractivity contribution in [2.45, 2.75) is 25.7 Å². The third kappa shape index (κ3) is 5.06. The molecule has 2 aromatic carbocycles. The van der Waals surface area contributed by atoms with E-state index in [0.29, 0.717) is 29.0 Å². The Hall–Kier alpha value is -2.90. The van der Waals surface area contributed by atoms with Crippen LogP contribution >= 0.6 is 11.6 Å². The molecule has 0 aliphatic carbocycles. The van der Waals surface area contributed by atoms with Crippen molar-refractivity contribution in [2.24, 2.45) is 0 Å². The lowest BCUT2D eigenvalue weighted by Gasteiger charge is -2.29. The highest BCUT2D eigenvalue weighted by Gasteiger charge is 2.26. The maximum atomic E-state index is 12.5. The van der Waals surface area contributed by atoms with Crippen molar-refractivity contribution in [3.05, 3.63) is 58.9 Å². The van der Waals surface area contributed by atoms with Gasteiger partial charge in [0, 0.05) is 11.5 Å². The maximum Gasteiger partial charge on any atom is 0.238 e. The van der Waals surface area contributed by atoms with Gasteiger partial charge in [0.05, 0.1) is 24.4 Å². The molecule has 1 N–H and O–H groups in total. The molecule has 0 radical (unpaired) electrons. The van der Waals surface area contributed by atoms with Crippen molar-refractivity contribution in [2.75, 3.05) is 32.1 Å². The van der Waals surface area contributed by atoms with Crippen molar-refractivity contribution >= 4 is 23.2 Å². The first kappa shape index (κ1) is 21.3. The van der Waals surface area contributed by atoms with Crippen LogP contribution in [0, 0.1) is 6.92 Å². The van der Waals surface area contributed by atoms with Gasteiger partial charge in [-0.05, 0) is 68.8 Å². The number of hydrogen-bond donors (Lipinski definition) is 1. The van der Waals surface area contributed by atoms with Gasteiger partial charge in [0.25, 0.3) is 0 Å². The van der Waals surface area contributed by atoms with Crippen LogP contribution in [0.25, 0.3) is 11.4 Å². The number of amides is 1. The number of halogens is 1. The molecule has 4 rings (SSSR count). The first-order chi connectivity index (χ1) is 15.0. The summed E-state index contributed by atoms with van der Waals surface area (Å²) in [5, 5.41) is 7.62. The fraction of sp³-hybridized carbons (Fsp3) is 0.348. The minimum Gasteiger partial charge on any atom is -0.497 e. The first-order valence-corrected chi connectivity index (χ1v) is 10.7. The second-order valence-corrected chi connectivity index (χ2v) is 8.12. The summed E-state index contributed by atoms with van der Waals surface area (Å²) in [6.45, 7) is 3.84. The first-order valence-electron chi connectivity index (χ1n) is 10.3. The molecule has 1 aliphatic rings. The third-order valence-electron chi connectivity index (χ3n) is 5.58. The lowest BCUT2D eigenvalue weighted by Crippen LogP contribution is -2.38. The van der Waals surface area contributed by atoms with Crippen LogP contribution in [0.1, 0.15) is 30.2 Å². The molecular weight excluding hydrogens is 416 g/mol. The SMILES string of the molecule is COc1ccc(-c2noc(C3CCN(CC(=O)Nc4c(C)cccc4Cl)CC3)n2)cc1. The van der Waals surface area contributed by atoms with Gasteiger partial charge < -0.3 is 14.6 Å².